The fraction of sp³-hybridized carbons (Fsp3) is 0.136. The van der Waals surface area contributed by atoms with Crippen molar-refractivity contribution in [2.24, 2.45) is 5.14 Å². The number of fused-ring (bicyclic) bond motifs is 1. The number of esters is 1. The summed E-state index contributed by atoms with van der Waals surface area (Å²) in [5.41, 5.74) is 2.24. The molecule has 4 aromatic rings. The van der Waals surface area contributed by atoms with Crippen LogP contribution < -0.4 is 10.5 Å². The molecule has 2 aromatic heterocycles. The van der Waals surface area contributed by atoms with E-state index in [1.54, 1.807) is 6.07 Å². The van der Waals surface area contributed by atoms with Crippen molar-refractivity contribution in [2.75, 3.05) is 11.9 Å². The van der Waals surface area contributed by atoms with Crippen LogP contribution in [0, 0.1) is 6.92 Å². The molecule has 4 rings (SSSR count). The highest BCUT2D eigenvalue weighted by atomic mass is 32.2. The third-order valence-corrected chi connectivity index (χ3v) is 6.84. The first-order chi connectivity index (χ1) is 15.7. The number of rotatable bonds is 7. The lowest BCUT2D eigenvalue weighted by atomic mass is 10.2. The van der Waals surface area contributed by atoms with Gasteiger partial charge in [0.05, 0.1) is 17.1 Å². The lowest BCUT2D eigenvalue weighted by Crippen LogP contribution is -2.20. The molecule has 33 heavy (non-hydrogen) atoms. The van der Waals surface area contributed by atoms with Gasteiger partial charge >= 0.3 is 5.97 Å². The zero-order chi connectivity index (χ0) is 23.6. The van der Waals surface area contributed by atoms with Gasteiger partial charge in [-0.2, -0.15) is 5.10 Å². The highest BCUT2D eigenvalue weighted by Crippen LogP contribution is 2.29. The van der Waals surface area contributed by atoms with E-state index in [9.17, 15) is 18.0 Å². The Labute approximate surface area is 193 Å². The van der Waals surface area contributed by atoms with Crippen molar-refractivity contribution < 1.29 is 22.7 Å². The van der Waals surface area contributed by atoms with E-state index >= 15 is 0 Å². The molecule has 0 aliphatic rings. The topological polar surface area (TPSA) is 133 Å². The Morgan fingerprint density at radius 3 is 2.48 bits per heavy atom. The lowest BCUT2D eigenvalue weighted by molar-refractivity contribution is -0.119. The number of sulfonamides is 1. The molecule has 0 saturated carbocycles. The number of aryl methyl sites for hydroxylation is 1. The number of nitrogens with zero attached hydrogens (tertiary/aromatic N) is 2. The maximum atomic E-state index is 12.5. The minimum atomic E-state index is -3.82. The largest absolute Gasteiger partial charge is 0.451 e. The standard InChI is InChI=1S/C22H20N4O5S2/c1-14-18-11-19(32-21(18)26(25-14)12-15-5-3-2-4-6-15)22(28)31-13-20(27)24-16-7-9-17(10-8-16)33(23,29)30/h2-11H,12-13H2,1H3,(H,24,27)(H2,23,29,30). The van der Waals surface area contributed by atoms with Gasteiger partial charge in [0.15, 0.2) is 6.61 Å². The molecule has 0 saturated heterocycles. The number of nitrogens with one attached hydrogen (secondary N) is 1. The molecule has 0 fully saturated rings. The summed E-state index contributed by atoms with van der Waals surface area (Å²) in [5, 5.41) is 13.0. The summed E-state index contributed by atoms with van der Waals surface area (Å²) >= 11 is 1.26. The van der Waals surface area contributed by atoms with E-state index in [-0.39, 0.29) is 4.90 Å². The van der Waals surface area contributed by atoms with Crippen LogP contribution in [0.15, 0.2) is 65.6 Å². The van der Waals surface area contributed by atoms with E-state index in [1.807, 2.05) is 41.9 Å². The van der Waals surface area contributed by atoms with Gasteiger partial charge in [0.2, 0.25) is 10.0 Å². The molecule has 0 unspecified atom stereocenters. The molecule has 3 N–H and O–H groups in total. The molecule has 0 bridgehead atoms. The zero-order valence-electron chi connectivity index (χ0n) is 17.5. The monoisotopic (exact) mass is 484 g/mol. The molecular formula is C22H20N4O5S2. The molecular weight excluding hydrogens is 464 g/mol. The number of carbonyl (C=O) groups is 2. The van der Waals surface area contributed by atoms with E-state index in [0.29, 0.717) is 17.1 Å². The van der Waals surface area contributed by atoms with Crippen molar-refractivity contribution in [1.82, 2.24) is 9.78 Å². The van der Waals surface area contributed by atoms with Crippen molar-refractivity contribution in [3.05, 3.63) is 76.8 Å². The Kier molecular flexibility index (Phi) is 6.27. The van der Waals surface area contributed by atoms with Gasteiger partial charge in [-0.25, -0.2) is 18.4 Å². The summed E-state index contributed by atoms with van der Waals surface area (Å²) in [5.74, 6) is -1.17. The Balaban J connectivity index is 1.39. The SMILES string of the molecule is Cc1nn(Cc2ccccc2)c2sc(C(=O)OCC(=O)Nc3ccc(S(N)(=O)=O)cc3)cc12. The first-order valence-electron chi connectivity index (χ1n) is 9.81. The molecule has 9 nitrogen and oxygen atoms in total. The van der Waals surface area contributed by atoms with Gasteiger partial charge < -0.3 is 10.1 Å². The number of hydrogen-bond donors (Lipinski definition) is 2. The molecule has 2 heterocycles. The van der Waals surface area contributed by atoms with Crippen LogP contribution in [0.25, 0.3) is 10.2 Å². The fourth-order valence-corrected chi connectivity index (χ4v) is 4.77. The number of anilines is 1. The first-order valence-corrected chi connectivity index (χ1v) is 12.2. The average Bonchev–Trinajstić information content (AvgIpc) is 3.34. The molecule has 2 aromatic carbocycles. The van der Waals surface area contributed by atoms with Crippen LogP contribution in [-0.2, 0) is 26.1 Å². The molecule has 0 spiro atoms. The minimum Gasteiger partial charge on any atom is -0.451 e. The number of ether oxygens (including phenoxy) is 1. The van der Waals surface area contributed by atoms with Gasteiger partial charge in [-0.1, -0.05) is 30.3 Å². The summed E-state index contributed by atoms with van der Waals surface area (Å²) < 4.78 is 29.6. The molecule has 0 radical (unpaired) electrons. The van der Waals surface area contributed by atoms with Gasteiger partial charge in [0, 0.05) is 11.1 Å². The highest BCUT2D eigenvalue weighted by molar-refractivity contribution is 7.89. The fourth-order valence-electron chi connectivity index (χ4n) is 3.20. The van der Waals surface area contributed by atoms with Gasteiger partial charge in [0.1, 0.15) is 9.71 Å². The molecule has 1 amide bonds. The lowest BCUT2D eigenvalue weighted by Gasteiger charge is -2.06. The number of amides is 1. The van der Waals surface area contributed by atoms with Gasteiger partial charge in [0.25, 0.3) is 5.91 Å². The van der Waals surface area contributed by atoms with Crippen LogP contribution in [0.5, 0.6) is 0 Å². The smallest absolute Gasteiger partial charge is 0.348 e. The van der Waals surface area contributed by atoms with Crippen molar-refractivity contribution in [3.8, 4) is 0 Å². The van der Waals surface area contributed by atoms with Gasteiger partial charge in [-0.3, -0.25) is 9.48 Å². The normalized spacial score (nSPS) is 11.5. The second-order valence-electron chi connectivity index (χ2n) is 7.25. The molecule has 0 atom stereocenters. The summed E-state index contributed by atoms with van der Waals surface area (Å²) in [6.07, 6.45) is 0. The predicted octanol–water partition coefficient (Wildman–Crippen LogP) is 2.90. The van der Waals surface area contributed by atoms with Crippen molar-refractivity contribution in [3.63, 3.8) is 0 Å². The molecule has 0 aliphatic carbocycles. The summed E-state index contributed by atoms with van der Waals surface area (Å²) in [6, 6.07) is 16.9. The second-order valence-corrected chi connectivity index (χ2v) is 9.84. The molecule has 0 aliphatic heterocycles. The van der Waals surface area contributed by atoms with Crippen LogP contribution >= 0.6 is 11.3 Å². The van der Waals surface area contributed by atoms with Crippen molar-refractivity contribution >= 4 is 49.1 Å². The van der Waals surface area contributed by atoms with E-state index in [4.69, 9.17) is 9.88 Å². The number of thiophene rings is 1. The zero-order valence-corrected chi connectivity index (χ0v) is 19.2. The number of aromatic nitrogens is 2. The quantitative estimate of drug-likeness (QED) is 0.388. The predicted molar refractivity (Wildman–Crippen MR) is 125 cm³/mol. The maximum absolute atomic E-state index is 12.5. The Morgan fingerprint density at radius 2 is 1.82 bits per heavy atom. The summed E-state index contributed by atoms with van der Waals surface area (Å²) in [4.78, 5) is 25.8. The Morgan fingerprint density at radius 1 is 1.12 bits per heavy atom. The van der Waals surface area contributed by atoms with E-state index in [1.165, 1.54) is 35.6 Å². The number of carbonyl (C=O) groups excluding carboxylic acids is 2. The number of nitrogens with two attached hydrogens (primary N) is 1. The van der Waals surface area contributed by atoms with Crippen molar-refractivity contribution in [2.45, 2.75) is 18.4 Å². The number of benzene rings is 2. The van der Waals surface area contributed by atoms with Crippen molar-refractivity contribution in [1.29, 1.82) is 0 Å². The van der Waals surface area contributed by atoms with E-state index in [2.05, 4.69) is 10.4 Å². The highest BCUT2D eigenvalue weighted by Gasteiger charge is 2.18. The maximum Gasteiger partial charge on any atom is 0.348 e. The minimum absolute atomic E-state index is 0.0715. The van der Waals surface area contributed by atoms with Crippen LogP contribution in [0.3, 0.4) is 0 Å². The average molecular weight is 485 g/mol. The Bertz CT molecular complexity index is 1420. The van der Waals surface area contributed by atoms with Crippen LogP contribution in [0.2, 0.25) is 0 Å². The number of hydrogen-bond acceptors (Lipinski definition) is 7. The second kappa shape index (κ2) is 9.14. The van der Waals surface area contributed by atoms with Crippen LogP contribution in [0.4, 0.5) is 5.69 Å². The first kappa shape index (κ1) is 22.6. The Hall–Kier alpha value is -3.54. The third-order valence-electron chi connectivity index (χ3n) is 4.78. The number of primary sulfonamides is 1. The molecule has 11 heteroatoms. The van der Waals surface area contributed by atoms with E-state index < -0.39 is 28.5 Å². The summed E-state index contributed by atoms with van der Waals surface area (Å²) in [6.45, 7) is 1.96. The molecule has 170 valence electrons. The van der Waals surface area contributed by atoms with Gasteiger partial charge in [-0.05, 0) is 42.8 Å². The summed E-state index contributed by atoms with van der Waals surface area (Å²) in [7, 11) is -3.82. The third kappa shape index (κ3) is 5.28. The van der Waals surface area contributed by atoms with Gasteiger partial charge in [-0.15, -0.1) is 11.3 Å². The van der Waals surface area contributed by atoms with Crippen LogP contribution in [-0.4, -0.2) is 36.7 Å². The van der Waals surface area contributed by atoms with E-state index in [0.717, 1.165) is 21.5 Å². The van der Waals surface area contributed by atoms with Crippen LogP contribution in [0.1, 0.15) is 20.9 Å².